The number of ether oxygens (including phenoxy) is 2. The summed E-state index contributed by atoms with van der Waals surface area (Å²) < 4.78 is 58.9. The van der Waals surface area contributed by atoms with Gasteiger partial charge in [0, 0.05) is 6.07 Å². The number of halogens is 4. The van der Waals surface area contributed by atoms with Gasteiger partial charge in [0.15, 0.2) is 0 Å². The first-order chi connectivity index (χ1) is 11.7. The second kappa shape index (κ2) is 7.42. The van der Waals surface area contributed by atoms with Crippen molar-refractivity contribution in [2.75, 3.05) is 7.11 Å². The highest BCUT2D eigenvalue weighted by Gasteiger charge is 2.31. The summed E-state index contributed by atoms with van der Waals surface area (Å²) in [7, 11) is 1.38. The molecule has 2 aromatic carbocycles. The maximum absolute atomic E-state index is 13.9. The van der Waals surface area contributed by atoms with Crippen LogP contribution in [-0.4, -0.2) is 19.4 Å². The van der Waals surface area contributed by atoms with Crippen LogP contribution in [0.25, 0.3) is 0 Å². The molecule has 134 valence electrons. The van der Waals surface area contributed by atoms with E-state index in [9.17, 15) is 22.4 Å². The van der Waals surface area contributed by atoms with Crippen molar-refractivity contribution in [3.05, 3.63) is 59.4 Å². The third-order valence-corrected chi connectivity index (χ3v) is 3.38. The maximum Gasteiger partial charge on any atom is 0.573 e. The Morgan fingerprint density at radius 2 is 1.68 bits per heavy atom. The Morgan fingerprint density at radius 1 is 1.08 bits per heavy atom. The summed E-state index contributed by atoms with van der Waals surface area (Å²) in [5.41, 5.74) is 0.376. The molecule has 0 saturated heterocycles. The first kappa shape index (κ1) is 18.6. The molecule has 0 aliphatic rings. The second-order valence-corrected chi connectivity index (χ2v) is 5.16. The molecule has 2 rings (SSSR count). The molecule has 0 radical (unpaired) electrons. The molecular formula is C17H15F4NO3. The number of carbonyl (C=O) groups is 1. The van der Waals surface area contributed by atoms with Gasteiger partial charge in [-0.3, -0.25) is 4.79 Å². The SMILES string of the molecule is COc1ccc(C(=O)NC(C)c2ccc(OC(F)(F)F)cc2)c(F)c1. The maximum atomic E-state index is 13.9. The lowest BCUT2D eigenvalue weighted by molar-refractivity contribution is -0.274. The Kier molecular flexibility index (Phi) is 5.51. The van der Waals surface area contributed by atoms with Gasteiger partial charge in [-0.2, -0.15) is 0 Å². The van der Waals surface area contributed by atoms with Crippen molar-refractivity contribution in [1.82, 2.24) is 5.32 Å². The number of carbonyl (C=O) groups excluding carboxylic acids is 1. The molecule has 1 N–H and O–H groups in total. The average Bonchev–Trinajstić information content (AvgIpc) is 2.53. The van der Waals surface area contributed by atoms with Crippen LogP contribution in [0.4, 0.5) is 17.6 Å². The van der Waals surface area contributed by atoms with E-state index in [0.717, 1.165) is 18.2 Å². The van der Waals surface area contributed by atoms with Crippen molar-refractivity contribution < 1.29 is 31.8 Å². The number of hydrogen-bond donors (Lipinski definition) is 1. The molecule has 1 amide bonds. The summed E-state index contributed by atoms with van der Waals surface area (Å²) >= 11 is 0. The van der Waals surface area contributed by atoms with Crippen molar-refractivity contribution in [2.45, 2.75) is 19.3 Å². The number of hydrogen-bond acceptors (Lipinski definition) is 3. The quantitative estimate of drug-likeness (QED) is 0.815. The van der Waals surface area contributed by atoms with Gasteiger partial charge in [0.1, 0.15) is 17.3 Å². The van der Waals surface area contributed by atoms with Gasteiger partial charge in [0.05, 0.1) is 18.7 Å². The Balaban J connectivity index is 2.06. The highest BCUT2D eigenvalue weighted by atomic mass is 19.4. The minimum absolute atomic E-state index is 0.162. The zero-order valence-corrected chi connectivity index (χ0v) is 13.4. The van der Waals surface area contributed by atoms with Crippen LogP contribution in [0, 0.1) is 5.82 Å². The molecule has 1 atom stereocenters. The van der Waals surface area contributed by atoms with Crippen molar-refractivity contribution in [1.29, 1.82) is 0 Å². The zero-order valence-electron chi connectivity index (χ0n) is 13.4. The minimum Gasteiger partial charge on any atom is -0.497 e. The summed E-state index contributed by atoms with van der Waals surface area (Å²) in [4.78, 5) is 12.1. The normalized spacial score (nSPS) is 12.4. The predicted octanol–water partition coefficient (Wildman–Crippen LogP) is 4.22. The fraction of sp³-hybridized carbons (Fsp3) is 0.235. The topological polar surface area (TPSA) is 47.6 Å². The fourth-order valence-electron chi connectivity index (χ4n) is 2.12. The van der Waals surface area contributed by atoms with Crippen molar-refractivity contribution in [2.24, 2.45) is 0 Å². The van der Waals surface area contributed by atoms with E-state index in [0.29, 0.717) is 5.56 Å². The van der Waals surface area contributed by atoms with Gasteiger partial charge in [-0.25, -0.2) is 4.39 Å². The van der Waals surface area contributed by atoms with Crippen molar-refractivity contribution in [3.8, 4) is 11.5 Å². The smallest absolute Gasteiger partial charge is 0.497 e. The van der Waals surface area contributed by atoms with E-state index in [-0.39, 0.29) is 17.1 Å². The average molecular weight is 357 g/mol. The molecule has 0 aromatic heterocycles. The molecule has 0 aliphatic carbocycles. The van der Waals surface area contributed by atoms with Gasteiger partial charge in [-0.15, -0.1) is 13.2 Å². The van der Waals surface area contributed by atoms with Crippen LogP contribution in [0.15, 0.2) is 42.5 Å². The summed E-state index contributed by atoms with van der Waals surface area (Å²) in [5.74, 6) is -1.47. The van der Waals surface area contributed by atoms with E-state index in [1.54, 1.807) is 6.92 Å². The van der Waals surface area contributed by atoms with Crippen LogP contribution in [-0.2, 0) is 0 Å². The van der Waals surface area contributed by atoms with E-state index in [4.69, 9.17) is 4.74 Å². The third-order valence-electron chi connectivity index (χ3n) is 3.38. The molecule has 0 heterocycles. The van der Waals surface area contributed by atoms with Crippen LogP contribution in [0.2, 0.25) is 0 Å². The van der Waals surface area contributed by atoms with Crippen LogP contribution >= 0.6 is 0 Å². The van der Waals surface area contributed by atoms with Crippen LogP contribution in [0.5, 0.6) is 11.5 Å². The number of benzene rings is 2. The monoisotopic (exact) mass is 357 g/mol. The Bertz CT molecular complexity index is 745. The lowest BCUT2D eigenvalue weighted by Gasteiger charge is -2.16. The highest BCUT2D eigenvalue weighted by Crippen LogP contribution is 2.24. The van der Waals surface area contributed by atoms with Gasteiger partial charge in [0.2, 0.25) is 0 Å². The molecule has 0 fully saturated rings. The summed E-state index contributed by atoms with van der Waals surface area (Å²) in [6.45, 7) is 1.62. The molecule has 1 unspecified atom stereocenters. The first-order valence-electron chi connectivity index (χ1n) is 7.19. The molecule has 0 spiro atoms. The molecule has 0 saturated carbocycles. The summed E-state index contributed by atoms with van der Waals surface area (Å²) in [6.07, 6.45) is -4.77. The number of nitrogens with one attached hydrogen (secondary N) is 1. The zero-order chi connectivity index (χ0) is 18.6. The van der Waals surface area contributed by atoms with E-state index in [2.05, 4.69) is 10.1 Å². The molecule has 4 nitrogen and oxygen atoms in total. The summed E-state index contributed by atoms with van der Waals surface area (Å²) in [5, 5.41) is 2.58. The molecular weight excluding hydrogens is 342 g/mol. The Labute approximate surface area is 141 Å². The summed E-state index contributed by atoms with van der Waals surface area (Å²) in [6, 6.07) is 8.32. The lowest BCUT2D eigenvalue weighted by atomic mass is 10.1. The van der Waals surface area contributed by atoms with Gasteiger partial charge in [-0.1, -0.05) is 12.1 Å². The molecule has 25 heavy (non-hydrogen) atoms. The lowest BCUT2D eigenvalue weighted by Crippen LogP contribution is -2.27. The van der Waals surface area contributed by atoms with Crippen molar-refractivity contribution in [3.63, 3.8) is 0 Å². The van der Waals surface area contributed by atoms with E-state index < -0.39 is 24.1 Å². The second-order valence-electron chi connectivity index (χ2n) is 5.16. The van der Waals surface area contributed by atoms with Crippen molar-refractivity contribution >= 4 is 5.91 Å². The van der Waals surface area contributed by atoms with Gasteiger partial charge < -0.3 is 14.8 Å². The molecule has 8 heteroatoms. The number of rotatable bonds is 5. The fourth-order valence-corrected chi connectivity index (χ4v) is 2.12. The molecule has 2 aromatic rings. The Morgan fingerprint density at radius 3 is 2.20 bits per heavy atom. The highest BCUT2D eigenvalue weighted by molar-refractivity contribution is 5.94. The van der Waals surface area contributed by atoms with Crippen LogP contribution in [0.3, 0.4) is 0 Å². The minimum atomic E-state index is -4.77. The largest absolute Gasteiger partial charge is 0.573 e. The number of methoxy groups -OCH3 is 1. The standard InChI is InChI=1S/C17H15F4NO3/c1-10(11-3-5-12(6-4-11)25-17(19,20)21)22-16(23)14-8-7-13(24-2)9-15(14)18/h3-10H,1-2H3,(H,22,23). The van der Waals surface area contributed by atoms with E-state index in [1.807, 2.05) is 0 Å². The van der Waals surface area contributed by atoms with Crippen LogP contribution in [0.1, 0.15) is 28.9 Å². The van der Waals surface area contributed by atoms with Gasteiger partial charge >= 0.3 is 6.36 Å². The van der Waals surface area contributed by atoms with Crippen LogP contribution < -0.4 is 14.8 Å². The van der Waals surface area contributed by atoms with E-state index in [1.165, 1.54) is 31.4 Å². The van der Waals surface area contributed by atoms with Gasteiger partial charge in [-0.05, 0) is 36.8 Å². The third kappa shape index (κ3) is 5.10. The van der Waals surface area contributed by atoms with E-state index >= 15 is 0 Å². The van der Waals surface area contributed by atoms with Gasteiger partial charge in [0.25, 0.3) is 5.91 Å². The number of alkyl halides is 3. The predicted molar refractivity (Wildman–Crippen MR) is 82.0 cm³/mol. The molecule has 0 aliphatic heterocycles. The number of amides is 1. The Hall–Kier alpha value is -2.77. The molecule has 0 bridgehead atoms. The first-order valence-corrected chi connectivity index (χ1v) is 7.19.